The number of aryl methyl sites for hydroxylation is 1. The first-order valence-electron chi connectivity index (χ1n) is 10.4. The van der Waals surface area contributed by atoms with Gasteiger partial charge in [0, 0.05) is 25.4 Å². The first kappa shape index (κ1) is 20.1. The number of aromatic amines is 1. The molecule has 1 aliphatic carbocycles. The fourth-order valence-electron chi connectivity index (χ4n) is 4.30. The molecule has 158 valence electrons. The molecule has 0 saturated heterocycles. The van der Waals surface area contributed by atoms with Crippen molar-refractivity contribution in [2.75, 3.05) is 7.11 Å². The molecule has 0 spiro atoms. The number of aromatic nitrogens is 4. The lowest BCUT2D eigenvalue weighted by Gasteiger charge is -2.13. The maximum absolute atomic E-state index is 12.8. The first-order chi connectivity index (χ1) is 14.6. The lowest BCUT2D eigenvalue weighted by Crippen LogP contribution is -2.31. The van der Waals surface area contributed by atoms with Crippen LogP contribution in [0.25, 0.3) is 11.2 Å². The van der Waals surface area contributed by atoms with Crippen LogP contribution in [0.4, 0.5) is 0 Å². The second-order valence-electron chi connectivity index (χ2n) is 7.79. The monoisotopic (exact) mass is 410 g/mol. The summed E-state index contributed by atoms with van der Waals surface area (Å²) in [6.45, 7) is 0.806. The van der Waals surface area contributed by atoms with Gasteiger partial charge in [-0.3, -0.25) is 19.1 Å². The first-order valence-corrected chi connectivity index (χ1v) is 10.4. The Hall–Kier alpha value is -3.16. The van der Waals surface area contributed by atoms with Gasteiger partial charge in [0.15, 0.2) is 11.2 Å². The summed E-state index contributed by atoms with van der Waals surface area (Å²) in [5.41, 5.74) is 0.954. The number of ether oxygens (including phenoxy) is 1. The molecule has 1 fully saturated rings. The molecule has 0 atom stereocenters. The molecule has 2 aromatic heterocycles. The Kier molecular flexibility index (Phi) is 5.83. The Labute approximate surface area is 173 Å². The van der Waals surface area contributed by atoms with E-state index < -0.39 is 11.2 Å². The summed E-state index contributed by atoms with van der Waals surface area (Å²) in [5.74, 6) is 0.813. The number of esters is 1. The lowest BCUT2D eigenvalue weighted by atomic mass is 10.1. The van der Waals surface area contributed by atoms with Gasteiger partial charge in [-0.2, -0.15) is 0 Å². The second-order valence-corrected chi connectivity index (χ2v) is 7.79. The molecule has 1 aromatic carbocycles. The number of rotatable bonds is 7. The molecule has 8 heteroatoms. The van der Waals surface area contributed by atoms with Crippen LogP contribution in [0.1, 0.15) is 55.8 Å². The van der Waals surface area contributed by atoms with Crippen molar-refractivity contribution in [1.29, 1.82) is 0 Å². The van der Waals surface area contributed by atoms with Gasteiger partial charge in [-0.25, -0.2) is 9.78 Å². The number of imidazole rings is 1. The van der Waals surface area contributed by atoms with Crippen LogP contribution in [0.2, 0.25) is 0 Å². The summed E-state index contributed by atoms with van der Waals surface area (Å²) in [6.07, 6.45) is 4.97. The number of benzene rings is 1. The number of H-pyrrole nitrogens is 1. The van der Waals surface area contributed by atoms with Crippen molar-refractivity contribution in [2.24, 2.45) is 0 Å². The molecule has 1 N–H and O–H groups in total. The smallest absolute Gasteiger partial charge is 0.330 e. The van der Waals surface area contributed by atoms with Gasteiger partial charge in [-0.15, -0.1) is 0 Å². The predicted octanol–water partition coefficient (Wildman–Crippen LogP) is 2.55. The van der Waals surface area contributed by atoms with Gasteiger partial charge in [0.25, 0.3) is 5.56 Å². The quantitative estimate of drug-likeness (QED) is 0.604. The van der Waals surface area contributed by atoms with Crippen molar-refractivity contribution in [3.05, 3.63) is 62.6 Å². The van der Waals surface area contributed by atoms with Crippen LogP contribution >= 0.6 is 0 Å². The average molecular weight is 410 g/mol. The number of nitrogens with zero attached hydrogens (tertiary/aromatic N) is 3. The van der Waals surface area contributed by atoms with Crippen molar-refractivity contribution in [3.8, 4) is 0 Å². The maximum atomic E-state index is 12.8. The fourth-order valence-corrected chi connectivity index (χ4v) is 4.30. The van der Waals surface area contributed by atoms with Gasteiger partial charge in [-0.05, 0) is 24.8 Å². The van der Waals surface area contributed by atoms with Gasteiger partial charge in [-0.1, -0.05) is 43.2 Å². The summed E-state index contributed by atoms with van der Waals surface area (Å²) in [6, 6.07) is 9.93. The molecule has 8 nitrogen and oxygen atoms in total. The Morgan fingerprint density at radius 1 is 1.17 bits per heavy atom. The van der Waals surface area contributed by atoms with E-state index in [1.54, 1.807) is 0 Å². The zero-order chi connectivity index (χ0) is 21.1. The summed E-state index contributed by atoms with van der Waals surface area (Å²) in [4.78, 5) is 44.1. The van der Waals surface area contributed by atoms with Crippen molar-refractivity contribution >= 4 is 17.1 Å². The van der Waals surface area contributed by atoms with Crippen LogP contribution in [0, 0.1) is 0 Å². The van der Waals surface area contributed by atoms with E-state index in [0.717, 1.165) is 37.1 Å². The normalized spacial score (nSPS) is 14.4. The average Bonchev–Trinajstić information content (AvgIpc) is 3.39. The highest BCUT2D eigenvalue weighted by Crippen LogP contribution is 2.34. The van der Waals surface area contributed by atoms with Crippen LogP contribution in [-0.2, 0) is 22.6 Å². The number of hydrogen-bond acceptors (Lipinski definition) is 5. The number of nitrogens with one attached hydrogen (secondary N) is 1. The zero-order valence-corrected chi connectivity index (χ0v) is 17.1. The number of carbonyl (C=O) groups is 1. The third-order valence-electron chi connectivity index (χ3n) is 5.81. The molecule has 0 bridgehead atoms. The minimum atomic E-state index is -0.500. The summed E-state index contributed by atoms with van der Waals surface area (Å²) in [5, 5.41) is 0. The number of methoxy groups -OCH3 is 1. The summed E-state index contributed by atoms with van der Waals surface area (Å²) < 4.78 is 8.12. The van der Waals surface area contributed by atoms with E-state index in [2.05, 4.69) is 9.72 Å². The van der Waals surface area contributed by atoms with Crippen molar-refractivity contribution in [3.63, 3.8) is 0 Å². The van der Waals surface area contributed by atoms with E-state index in [4.69, 9.17) is 4.98 Å². The number of fused-ring (bicyclic) bond motifs is 1. The molecule has 1 aliphatic rings. The Balaban J connectivity index is 1.82. The Morgan fingerprint density at radius 2 is 1.90 bits per heavy atom. The topological polar surface area (TPSA) is 99.0 Å². The Morgan fingerprint density at radius 3 is 2.60 bits per heavy atom. The molecule has 30 heavy (non-hydrogen) atoms. The predicted molar refractivity (Wildman–Crippen MR) is 113 cm³/mol. The molecule has 4 rings (SSSR count). The molecular formula is C22H26N4O4. The minimum Gasteiger partial charge on any atom is -0.469 e. The van der Waals surface area contributed by atoms with Gasteiger partial charge >= 0.3 is 11.7 Å². The fraction of sp³-hybridized carbons (Fsp3) is 0.455. The van der Waals surface area contributed by atoms with Crippen LogP contribution in [0.5, 0.6) is 0 Å². The molecular weight excluding hydrogens is 384 g/mol. The van der Waals surface area contributed by atoms with E-state index >= 15 is 0 Å². The third kappa shape index (κ3) is 3.94. The zero-order valence-electron chi connectivity index (χ0n) is 17.1. The highest BCUT2D eigenvalue weighted by atomic mass is 16.5. The lowest BCUT2D eigenvalue weighted by molar-refractivity contribution is -0.140. The van der Waals surface area contributed by atoms with E-state index in [1.165, 1.54) is 11.7 Å². The molecule has 1 saturated carbocycles. The molecule has 3 aromatic rings. The molecule has 0 unspecified atom stereocenters. The summed E-state index contributed by atoms with van der Waals surface area (Å²) >= 11 is 0. The van der Waals surface area contributed by atoms with Crippen LogP contribution in [-0.4, -0.2) is 32.2 Å². The second kappa shape index (κ2) is 8.69. The van der Waals surface area contributed by atoms with Gasteiger partial charge in [0.2, 0.25) is 0 Å². The van der Waals surface area contributed by atoms with Crippen molar-refractivity contribution in [2.45, 2.75) is 57.5 Å². The van der Waals surface area contributed by atoms with Crippen molar-refractivity contribution in [1.82, 2.24) is 19.1 Å². The van der Waals surface area contributed by atoms with E-state index in [1.807, 2.05) is 34.9 Å². The number of hydrogen-bond donors (Lipinski definition) is 1. The van der Waals surface area contributed by atoms with E-state index in [9.17, 15) is 14.4 Å². The molecule has 2 heterocycles. The van der Waals surface area contributed by atoms with Crippen LogP contribution in [0.3, 0.4) is 0 Å². The SMILES string of the molecule is COC(=O)CCCn1c(=O)[nH]c(=O)c2c1nc(C1CCCC1)n2Cc1ccccc1. The summed E-state index contributed by atoms with van der Waals surface area (Å²) in [7, 11) is 1.34. The number of carbonyl (C=O) groups excluding carboxylic acids is 1. The van der Waals surface area contributed by atoms with Gasteiger partial charge in [0.1, 0.15) is 5.82 Å². The van der Waals surface area contributed by atoms with E-state index in [-0.39, 0.29) is 24.9 Å². The van der Waals surface area contributed by atoms with Gasteiger partial charge in [0.05, 0.1) is 7.11 Å². The van der Waals surface area contributed by atoms with E-state index in [0.29, 0.717) is 24.1 Å². The van der Waals surface area contributed by atoms with Crippen LogP contribution in [0.15, 0.2) is 39.9 Å². The highest BCUT2D eigenvalue weighted by Gasteiger charge is 2.26. The Bertz CT molecular complexity index is 1150. The highest BCUT2D eigenvalue weighted by molar-refractivity contribution is 5.71. The van der Waals surface area contributed by atoms with Crippen molar-refractivity contribution < 1.29 is 9.53 Å². The standard InChI is InChI=1S/C22H26N4O4/c1-30-17(27)12-7-13-25-20-18(21(28)24-22(25)29)26(14-15-8-3-2-4-9-15)19(23-20)16-10-5-6-11-16/h2-4,8-9,16H,5-7,10-14H2,1H3,(H,24,28,29). The van der Waals surface area contributed by atoms with Crippen LogP contribution < -0.4 is 11.2 Å². The largest absolute Gasteiger partial charge is 0.469 e. The van der Waals surface area contributed by atoms with Gasteiger partial charge < -0.3 is 9.30 Å². The molecule has 0 aliphatic heterocycles. The minimum absolute atomic E-state index is 0.198. The molecule has 0 amide bonds. The third-order valence-corrected chi connectivity index (χ3v) is 5.81. The maximum Gasteiger partial charge on any atom is 0.330 e. The molecule has 0 radical (unpaired) electrons.